The fourth-order valence-electron chi connectivity index (χ4n) is 6.79. The minimum absolute atomic E-state index is 0.109. The van der Waals surface area contributed by atoms with Gasteiger partial charge in [-0.15, -0.1) is 0 Å². The standard InChI is InChI=1S/C33H46O4/c1-5-9-24-13-19-32(17-7-3,20-14-24)36-30(34)28-26-11-12-27(23-26)29(28)31(35)37-33(18-8-4)21-15-25(10-6-2)16-22-33/h13-16,19,21,26-27H,5-12,17-18,20,22-23H2,1-4H3. The molecule has 1 saturated carbocycles. The maximum atomic E-state index is 13.8. The van der Waals surface area contributed by atoms with Crippen LogP contribution in [0.5, 0.6) is 0 Å². The number of carbonyl (C=O) groups is 2. The first-order chi connectivity index (χ1) is 17.9. The normalized spacial score (nSPS) is 30.4. The van der Waals surface area contributed by atoms with Crippen LogP contribution in [-0.4, -0.2) is 23.1 Å². The van der Waals surface area contributed by atoms with Crippen LogP contribution in [0.2, 0.25) is 0 Å². The average Bonchev–Trinajstić information content (AvgIpc) is 3.50. The molecule has 2 bridgehead atoms. The van der Waals surface area contributed by atoms with Crippen molar-refractivity contribution in [3.05, 3.63) is 58.7 Å². The molecule has 4 nitrogen and oxygen atoms in total. The van der Waals surface area contributed by atoms with Crippen LogP contribution in [0.4, 0.5) is 0 Å². The van der Waals surface area contributed by atoms with Crippen molar-refractivity contribution in [2.24, 2.45) is 11.8 Å². The van der Waals surface area contributed by atoms with Crippen molar-refractivity contribution < 1.29 is 19.1 Å². The van der Waals surface area contributed by atoms with Crippen molar-refractivity contribution in [2.75, 3.05) is 0 Å². The number of carbonyl (C=O) groups excluding carboxylic acids is 2. The predicted octanol–water partition coefficient (Wildman–Crippen LogP) is 8.25. The van der Waals surface area contributed by atoms with Crippen molar-refractivity contribution in [3.63, 3.8) is 0 Å². The highest BCUT2D eigenvalue weighted by Gasteiger charge is 2.48. The van der Waals surface area contributed by atoms with Crippen LogP contribution >= 0.6 is 0 Å². The second kappa shape index (κ2) is 12.0. The Morgan fingerprint density at radius 1 is 0.730 bits per heavy atom. The monoisotopic (exact) mass is 506 g/mol. The van der Waals surface area contributed by atoms with E-state index < -0.39 is 11.2 Å². The minimum Gasteiger partial charge on any atom is -0.451 e. The largest absolute Gasteiger partial charge is 0.451 e. The summed E-state index contributed by atoms with van der Waals surface area (Å²) in [6.45, 7) is 8.61. The molecule has 0 aromatic rings. The van der Waals surface area contributed by atoms with E-state index >= 15 is 0 Å². The summed E-state index contributed by atoms with van der Waals surface area (Å²) in [5, 5.41) is 0. The highest BCUT2D eigenvalue weighted by atomic mass is 16.6. The highest BCUT2D eigenvalue weighted by molar-refractivity contribution is 6.03. The lowest BCUT2D eigenvalue weighted by Crippen LogP contribution is -2.37. The molecule has 0 amide bonds. The molecular weight excluding hydrogens is 460 g/mol. The van der Waals surface area contributed by atoms with E-state index in [-0.39, 0.29) is 23.8 Å². The molecule has 4 heteroatoms. The number of allylic oxidation sites excluding steroid dienone is 4. The van der Waals surface area contributed by atoms with Crippen molar-refractivity contribution >= 4 is 11.9 Å². The molecule has 0 aromatic carbocycles. The van der Waals surface area contributed by atoms with Crippen LogP contribution in [0.25, 0.3) is 0 Å². The first-order valence-electron chi connectivity index (χ1n) is 14.9. The Morgan fingerprint density at radius 2 is 1.16 bits per heavy atom. The van der Waals surface area contributed by atoms with Gasteiger partial charge in [-0.3, -0.25) is 0 Å². The Bertz CT molecular complexity index is 945. The number of esters is 2. The number of fused-ring (bicyclic) bond motifs is 2. The number of rotatable bonds is 12. The van der Waals surface area contributed by atoms with Gasteiger partial charge in [-0.1, -0.05) is 88.8 Å². The molecule has 4 rings (SSSR count). The van der Waals surface area contributed by atoms with Crippen molar-refractivity contribution in [2.45, 2.75) is 122 Å². The van der Waals surface area contributed by atoms with Crippen LogP contribution in [0.15, 0.2) is 58.7 Å². The molecule has 202 valence electrons. The maximum Gasteiger partial charge on any atom is 0.335 e. The fraction of sp³-hybridized carbons (Fsp3) is 0.636. The van der Waals surface area contributed by atoms with E-state index in [1.165, 1.54) is 11.1 Å². The van der Waals surface area contributed by atoms with Gasteiger partial charge in [-0.05, 0) is 68.9 Å². The molecule has 37 heavy (non-hydrogen) atoms. The highest BCUT2D eigenvalue weighted by Crippen LogP contribution is 2.50. The molecule has 4 aliphatic rings. The number of hydrogen-bond acceptors (Lipinski definition) is 4. The predicted molar refractivity (Wildman–Crippen MR) is 149 cm³/mol. The zero-order valence-corrected chi connectivity index (χ0v) is 23.4. The van der Waals surface area contributed by atoms with Crippen LogP contribution in [0.1, 0.15) is 111 Å². The summed E-state index contributed by atoms with van der Waals surface area (Å²) in [5.41, 5.74) is 2.58. The third-order valence-corrected chi connectivity index (χ3v) is 8.62. The van der Waals surface area contributed by atoms with Gasteiger partial charge >= 0.3 is 11.9 Å². The number of ether oxygens (including phenoxy) is 2. The average molecular weight is 507 g/mol. The molecule has 0 N–H and O–H groups in total. The second-order valence-corrected chi connectivity index (χ2v) is 11.6. The van der Waals surface area contributed by atoms with Crippen molar-refractivity contribution in [1.82, 2.24) is 0 Å². The Labute approximate surface area is 223 Å². The lowest BCUT2D eigenvalue weighted by atomic mass is 9.85. The molecule has 1 fully saturated rings. The minimum atomic E-state index is -0.622. The molecule has 0 aromatic heterocycles. The van der Waals surface area contributed by atoms with Gasteiger partial charge in [-0.2, -0.15) is 0 Å². The Balaban J connectivity index is 1.55. The maximum absolute atomic E-state index is 13.8. The van der Waals surface area contributed by atoms with E-state index in [4.69, 9.17) is 9.47 Å². The summed E-state index contributed by atoms with van der Waals surface area (Å²) in [6, 6.07) is 0. The molecule has 0 aliphatic heterocycles. The van der Waals surface area contributed by atoms with E-state index in [1.807, 2.05) is 0 Å². The summed E-state index contributed by atoms with van der Waals surface area (Å²) in [6.07, 6.45) is 24.8. The van der Waals surface area contributed by atoms with E-state index in [0.717, 1.165) is 70.6 Å². The summed E-state index contributed by atoms with van der Waals surface area (Å²) in [4.78, 5) is 27.5. The zero-order valence-electron chi connectivity index (χ0n) is 23.4. The topological polar surface area (TPSA) is 52.6 Å². The van der Waals surface area contributed by atoms with Crippen LogP contribution in [0, 0.1) is 11.8 Å². The summed E-state index contributed by atoms with van der Waals surface area (Å²) >= 11 is 0. The molecular formula is C33H46O4. The molecule has 0 saturated heterocycles. The fourth-order valence-corrected chi connectivity index (χ4v) is 6.79. The Kier molecular flexibility index (Phi) is 8.98. The molecule has 4 unspecified atom stereocenters. The summed E-state index contributed by atoms with van der Waals surface area (Å²) in [5.74, 6) is -0.396. The molecule has 0 radical (unpaired) electrons. The van der Waals surface area contributed by atoms with Crippen LogP contribution in [-0.2, 0) is 19.1 Å². The van der Waals surface area contributed by atoms with Gasteiger partial charge in [0.15, 0.2) is 0 Å². The van der Waals surface area contributed by atoms with Crippen molar-refractivity contribution in [3.8, 4) is 0 Å². The third-order valence-electron chi connectivity index (χ3n) is 8.62. The smallest absolute Gasteiger partial charge is 0.335 e. The Morgan fingerprint density at radius 3 is 1.49 bits per heavy atom. The second-order valence-electron chi connectivity index (χ2n) is 11.6. The van der Waals surface area contributed by atoms with E-state index in [1.54, 1.807) is 0 Å². The quantitative estimate of drug-likeness (QED) is 0.250. The van der Waals surface area contributed by atoms with Gasteiger partial charge < -0.3 is 9.47 Å². The van der Waals surface area contributed by atoms with Crippen molar-refractivity contribution in [1.29, 1.82) is 0 Å². The zero-order chi connectivity index (χ0) is 26.5. The first kappa shape index (κ1) is 27.7. The SMILES string of the molecule is CCCC1=CCC(CCC)(OC(=O)C2=C(C(=O)OC3(CCC)C=CC(CCC)=CC3)C3CCC2C3)C=C1. The van der Waals surface area contributed by atoms with Crippen LogP contribution < -0.4 is 0 Å². The Hall–Kier alpha value is -2.36. The van der Waals surface area contributed by atoms with Gasteiger partial charge in [0.05, 0.1) is 11.1 Å². The third kappa shape index (κ3) is 6.04. The summed E-state index contributed by atoms with van der Waals surface area (Å²) < 4.78 is 12.6. The van der Waals surface area contributed by atoms with Gasteiger partial charge in [-0.25, -0.2) is 9.59 Å². The molecule has 0 heterocycles. The van der Waals surface area contributed by atoms with Gasteiger partial charge in [0.2, 0.25) is 0 Å². The van der Waals surface area contributed by atoms with E-state index in [2.05, 4.69) is 64.2 Å². The summed E-state index contributed by atoms with van der Waals surface area (Å²) in [7, 11) is 0. The molecule has 4 aliphatic carbocycles. The van der Waals surface area contributed by atoms with Gasteiger partial charge in [0.1, 0.15) is 11.2 Å². The number of hydrogen-bond donors (Lipinski definition) is 0. The lowest BCUT2D eigenvalue weighted by Gasteiger charge is -2.34. The molecule has 0 spiro atoms. The lowest BCUT2D eigenvalue weighted by molar-refractivity contribution is -0.155. The van der Waals surface area contributed by atoms with E-state index in [9.17, 15) is 9.59 Å². The first-order valence-corrected chi connectivity index (χ1v) is 14.9. The molecule has 4 atom stereocenters. The van der Waals surface area contributed by atoms with E-state index in [0.29, 0.717) is 24.0 Å². The van der Waals surface area contributed by atoms with Gasteiger partial charge in [0.25, 0.3) is 0 Å². The van der Waals surface area contributed by atoms with Gasteiger partial charge in [0, 0.05) is 12.8 Å². The van der Waals surface area contributed by atoms with Crippen LogP contribution in [0.3, 0.4) is 0 Å².